The smallest absolute Gasteiger partial charge is 0.260 e. The van der Waals surface area contributed by atoms with E-state index in [1.54, 1.807) is 23.1 Å². The fourth-order valence-corrected chi connectivity index (χ4v) is 3.62. The molecule has 0 aliphatic rings. The van der Waals surface area contributed by atoms with Gasteiger partial charge in [0.2, 0.25) is 0 Å². The van der Waals surface area contributed by atoms with Crippen molar-refractivity contribution in [3.8, 4) is 0 Å². The molecular formula is C18H18BrClFN3OS. The van der Waals surface area contributed by atoms with Crippen LogP contribution in [0.2, 0.25) is 0 Å². The zero-order valence-corrected chi connectivity index (χ0v) is 17.5. The normalized spacial score (nSPS) is 10.8. The molecule has 8 heteroatoms. The zero-order chi connectivity index (χ0) is 18.0. The minimum absolute atomic E-state index is 0. The molecule has 1 amide bonds. The van der Waals surface area contributed by atoms with E-state index in [1.807, 2.05) is 37.2 Å². The van der Waals surface area contributed by atoms with Gasteiger partial charge in [0, 0.05) is 23.1 Å². The van der Waals surface area contributed by atoms with Crippen LogP contribution in [-0.4, -0.2) is 43.0 Å². The van der Waals surface area contributed by atoms with E-state index in [4.69, 9.17) is 0 Å². The molecule has 3 rings (SSSR count). The monoisotopic (exact) mass is 457 g/mol. The van der Waals surface area contributed by atoms with Crippen LogP contribution in [0.25, 0.3) is 10.2 Å². The molecule has 1 heterocycles. The molecule has 0 saturated carbocycles. The van der Waals surface area contributed by atoms with Crippen molar-refractivity contribution < 1.29 is 9.18 Å². The Morgan fingerprint density at radius 1 is 1.15 bits per heavy atom. The Kier molecular flexibility index (Phi) is 7.11. The minimum Gasteiger partial charge on any atom is -0.308 e. The number of rotatable bonds is 5. The molecule has 0 saturated heterocycles. The van der Waals surface area contributed by atoms with Gasteiger partial charge in [-0.3, -0.25) is 9.69 Å². The van der Waals surface area contributed by atoms with Crippen LogP contribution in [0.3, 0.4) is 0 Å². The number of hydrogen-bond donors (Lipinski definition) is 0. The predicted molar refractivity (Wildman–Crippen MR) is 111 cm³/mol. The van der Waals surface area contributed by atoms with E-state index < -0.39 is 0 Å². The molecule has 3 aromatic rings. The summed E-state index contributed by atoms with van der Waals surface area (Å²) in [4.78, 5) is 21.0. The largest absolute Gasteiger partial charge is 0.308 e. The molecule has 2 aromatic carbocycles. The molecule has 4 nitrogen and oxygen atoms in total. The average molecular weight is 459 g/mol. The average Bonchev–Trinajstić information content (AvgIpc) is 3.00. The predicted octanol–water partition coefficient (Wildman–Crippen LogP) is 4.83. The Hall–Kier alpha value is -1.54. The van der Waals surface area contributed by atoms with Crippen molar-refractivity contribution >= 4 is 60.9 Å². The molecule has 0 unspecified atom stereocenters. The fourth-order valence-electron chi connectivity index (χ4n) is 2.35. The second-order valence-electron chi connectivity index (χ2n) is 5.85. The first-order chi connectivity index (χ1) is 12.0. The lowest BCUT2D eigenvalue weighted by Crippen LogP contribution is -2.36. The summed E-state index contributed by atoms with van der Waals surface area (Å²) >= 11 is 4.70. The summed E-state index contributed by atoms with van der Waals surface area (Å²) in [5.74, 6) is -0.516. The number of amides is 1. The van der Waals surface area contributed by atoms with Gasteiger partial charge < -0.3 is 4.90 Å². The highest BCUT2D eigenvalue weighted by atomic mass is 79.9. The number of aromatic nitrogens is 1. The fraction of sp³-hybridized carbons (Fsp3) is 0.222. The molecule has 0 bridgehead atoms. The van der Waals surface area contributed by atoms with Crippen LogP contribution in [-0.2, 0) is 0 Å². The van der Waals surface area contributed by atoms with E-state index in [2.05, 4.69) is 20.9 Å². The first-order valence-corrected chi connectivity index (χ1v) is 9.34. The maximum Gasteiger partial charge on any atom is 0.260 e. The molecule has 0 N–H and O–H groups in total. The van der Waals surface area contributed by atoms with Gasteiger partial charge in [0.05, 0.1) is 4.70 Å². The Labute approximate surface area is 170 Å². The van der Waals surface area contributed by atoms with Crippen LogP contribution >= 0.6 is 39.7 Å². The van der Waals surface area contributed by atoms with Crippen LogP contribution in [0.1, 0.15) is 10.4 Å². The van der Waals surface area contributed by atoms with Crippen molar-refractivity contribution in [2.75, 3.05) is 32.1 Å². The van der Waals surface area contributed by atoms with Gasteiger partial charge in [-0.2, -0.15) is 0 Å². The van der Waals surface area contributed by atoms with Crippen molar-refractivity contribution in [3.63, 3.8) is 0 Å². The second-order valence-corrected chi connectivity index (χ2v) is 7.77. The van der Waals surface area contributed by atoms with Gasteiger partial charge >= 0.3 is 0 Å². The number of carbonyl (C=O) groups is 1. The first-order valence-electron chi connectivity index (χ1n) is 7.73. The Morgan fingerprint density at radius 3 is 2.46 bits per heavy atom. The summed E-state index contributed by atoms with van der Waals surface area (Å²) in [6, 6.07) is 12.0. The number of halogens is 3. The summed E-state index contributed by atoms with van der Waals surface area (Å²) in [6.45, 7) is 1.16. The lowest BCUT2D eigenvalue weighted by atomic mass is 10.2. The van der Waals surface area contributed by atoms with Crippen LogP contribution in [0.5, 0.6) is 0 Å². The molecule has 0 spiro atoms. The summed E-state index contributed by atoms with van der Waals surface area (Å²) in [5, 5.41) is 0.509. The van der Waals surface area contributed by atoms with Crippen molar-refractivity contribution in [1.82, 2.24) is 9.88 Å². The van der Waals surface area contributed by atoms with Crippen LogP contribution in [0, 0.1) is 5.82 Å². The second kappa shape index (κ2) is 8.90. The van der Waals surface area contributed by atoms with Crippen LogP contribution in [0.4, 0.5) is 9.52 Å². The minimum atomic E-state index is -0.372. The third-order valence-corrected chi connectivity index (χ3v) is 5.27. The molecule has 0 radical (unpaired) electrons. The number of likely N-dealkylation sites (N-methyl/N-ethyl adjacent to an activating group) is 1. The molecule has 1 aromatic heterocycles. The van der Waals surface area contributed by atoms with Crippen LogP contribution in [0.15, 0.2) is 46.9 Å². The number of anilines is 1. The molecule has 0 fully saturated rings. The Bertz CT molecular complexity index is 901. The number of thiazole rings is 1. The van der Waals surface area contributed by atoms with E-state index in [-0.39, 0.29) is 24.1 Å². The molecule has 138 valence electrons. The van der Waals surface area contributed by atoms with E-state index in [0.29, 0.717) is 29.3 Å². The standard InChI is InChI=1S/C18H17BrFN3OS.ClH/c1-22(2)10-11-23(17(24)12-6-8-13(19)9-7-12)18-21-16-14(20)4-3-5-15(16)25-18;/h3-9H,10-11H2,1-2H3;1H. The Balaban J connectivity index is 0.00000243. The number of para-hydroxylation sites is 1. The van der Waals surface area contributed by atoms with Gasteiger partial charge in [-0.15, -0.1) is 12.4 Å². The number of benzene rings is 2. The quantitative estimate of drug-likeness (QED) is 0.549. The van der Waals surface area contributed by atoms with E-state index in [9.17, 15) is 9.18 Å². The summed E-state index contributed by atoms with van der Waals surface area (Å²) in [7, 11) is 3.89. The molecule has 0 atom stereocenters. The van der Waals surface area contributed by atoms with Crippen molar-refractivity contribution in [3.05, 3.63) is 58.3 Å². The molecule has 26 heavy (non-hydrogen) atoms. The highest BCUT2D eigenvalue weighted by Gasteiger charge is 2.22. The Morgan fingerprint density at radius 2 is 1.85 bits per heavy atom. The van der Waals surface area contributed by atoms with Gasteiger partial charge in [-0.05, 0) is 50.5 Å². The van der Waals surface area contributed by atoms with Crippen molar-refractivity contribution in [1.29, 1.82) is 0 Å². The first kappa shape index (κ1) is 20.8. The SMILES string of the molecule is CN(C)CCN(C(=O)c1ccc(Br)cc1)c1nc2c(F)cccc2s1.Cl. The third-order valence-electron chi connectivity index (χ3n) is 3.70. The summed E-state index contributed by atoms with van der Waals surface area (Å²) in [6.07, 6.45) is 0. The number of nitrogens with zero attached hydrogens (tertiary/aromatic N) is 3. The molecular weight excluding hydrogens is 441 g/mol. The number of hydrogen-bond acceptors (Lipinski definition) is 4. The van der Waals surface area contributed by atoms with Gasteiger partial charge in [-0.1, -0.05) is 33.3 Å². The van der Waals surface area contributed by atoms with Gasteiger partial charge in [0.25, 0.3) is 5.91 Å². The van der Waals surface area contributed by atoms with Crippen LogP contribution < -0.4 is 4.90 Å². The number of fused-ring (bicyclic) bond motifs is 1. The lowest BCUT2D eigenvalue weighted by Gasteiger charge is -2.22. The van der Waals surface area contributed by atoms with Gasteiger partial charge in [0.15, 0.2) is 5.13 Å². The maximum absolute atomic E-state index is 14.0. The third kappa shape index (κ3) is 4.59. The lowest BCUT2D eigenvalue weighted by molar-refractivity contribution is 0.0985. The summed E-state index contributed by atoms with van der Waals surface area (Å²) in [5.41, 5.74) is 0.877. The molecule has 0 aliphatic heterocycles. The van der Waals surface area contributed by atoms with E-state index >= 15 is 0 Å². The van der Waals surface area contributed by atoms with Crippen molar-refractivity contribution in [2.24, 2.45) is 0 Å². The molecule has 0 aliphatic carbocycles. The highest BCUT2D eigenvalue weighted by molar-refractivity contribution is 9.10. The summed E-state index contributed by atoms with van der Waals surface area (Å²) < 4.78 is 15.6. The van der Waals surface area contributed by atoms with Gasteiger partial charge in [0.1, 0.15) is 11.3 Å². The van der Waals surface area contributed by atoms with E-state index in [1.165, 1.54) is 17.4 Å². The topological polar surface area (TPSA) is 36.4 Å². The number of carbonyl (C=O) groups excluding carboxylic acids is 1. The van der Waals surface area contributed by atoms with Crippen molar-refractivity contribution in [2.45, 2.75) is 0 Å². The maximum atomic E-state index is 14.0. The van der Waals surface area contributed by atoms with E-state index in [0.717, 1.165) is 9.17 Å². The van der Waals surface area contributed by atoms with Gasteiger partial charge in [-0.25, -0.2) is 9.37 Å². The highest BCUT2D eigenvalue weighted by Crippen LogP contribution is 2.31. The zero-order valence-electron chi connectivity index (χ0n) is 14.3.